The summed E-state index contributed by atoms with van der Waals surface area (Å²) in [7, 11) is 0. The summed E-state index contributed by atoms with van der Waals surface area (Å²) < 4.78 is 1.24. The van der Waals surface area contributed by atoms with Crippen molar-refractivity contribution >= 4 is 27.3 Å². The summed E-state index contributed by atoms with van der Waals surface area (Å²) in [5, 5.41) is 3.55. The Morgan fingerprint density at radius 1 is 1.16 bits per heavy atom. The lowest BCUT2D eigenvalue weighted by Gasteiger charge is -2.32. The van der Waals surface area contributed by atoms with E-state index in [1.807, 2.05) is 11.3 Å². The first-order chi connectivity index (χ1) is 9.25. The summed E-state index contributed by atoms with van der Waals surface area (Å²) in [5.74, 6) is 1.22. The number of rotatable bonds is 2. The molecule has 1 aromatic heterocycles. The van der Waals surface area contributed by atoms with Gasteiger partial charge in [0, 0.05) is 32.6 Å². The topological polar surface area (TPSA) is 12.0 Å². The SMILES string of the molecule is Cc1ccc(C2CCNCC2c2ccccc2Br)s1. The van der Waals surface area contributed by atoms with Gasteiger partial charge in [-0.05, 0) is 43.7 Å². The molecule has 2 heterocycles. The average Bonchev–Trinajstić information content (AvgIpc) is 2.86. The highest BCUT2D eigenvalue weighted by Crippen LogP contribution is 2.42. The van der Waals surface area contributed by atoms with Crippen molar-refractivity contribution in [2.24, 2.45) is 0 Å². The fourth-order valence-corrected chi connectivity index (χ4v) is 4.61. The average molecular weight is 336 g/mol. The Morgan fingerprint density at radius 2 is 2.00 bits per heavy atom. The van der Waals surface area contributed by atoms with Gasteiger partial charge >= 0.3 is 0 Å². The van der Waals surface area contributed by atoms with Crippen LogP contribution in [0.5, 0.6) is 0 Å². The molecule has 1 fully saturated rings. The number of piperidine rings is 1. The van der Waals surface area contributed by atoms with Gasteiger partial charge in [-0.1, -0.05) is 34.1 Å². The smallest absolute Gasteiger partial charge is 0.0210 e. The highest BCUT2D eigenvalue weighted by molar-refractivity contribution is 9.10. The van der Waals surface area contributed by atoms with Crippen LogP contribution in [0.3, 0.4) is 0 Å². The standard InChI is InChI=1S/C16H18BrNS/c1-11-6-7-16(19-11)13-8-9-18-10-14(13)12-4-2-3-5-15(12)17/h2-7,13-14,18H,8-10H2,1H3. The van der Waals surface area contributed by atoms with Crippen molar-refractivity contribution in [2.75, 3.05) is 13.1 Å². The van der Waals surface area contributed by atoms with Crippen LogP contribution in [0.25, 0.3) is 0 Å². The molecule has 100 valence electrons. The van der Waals surface area contributed by atoms with Gasteiger partial charge in [0.15, 0.2) is 0 Å². The van der Waals surface area contributed by atoms with Gasteiger partial charge in [-0.15, -0.1) is 11.3 Å². The zero-order valence-corrected chi connectivity index (χ0v) is 13.4. The quantitative estimate of drug-likeness (QED) is 0.840. The van der Waals surface area contributed by atoms with Crippen LogP contribution in [0.4, 0.5) is 0 Å². The lowest BCUT2D eigenvalue weighted by atomic mass is 9.80. The van der Waals surface area contributed by atoms with E-state index in [0.29, 0.717) is 11.8 Å². The van der Waals surface area contributed by atoms with E-state index in [9.17, 15) is 0 Å². The molecule has 19 heavy (non-hydrogen) atoms. The molecule has 0 radical (unpaired) electrons. The number of halogens is 1. The van der Waals surface area contributed by atoms with Crippen LogP contribution in [-0.4, -0.2) is 13.1 Å². The van der Waals surface area contributed by atoms with Gasteiger partial charge in [0.1, 0.15) is 0 Å². The van der Waals surface area contributed by atoms with Crippen molar-refractivity contribution in [2.45, 2.75) is 25.2 Å². The maximum Gasteiger partial charge on any atom is 0.0210 e. The van der Waals surface area contributed by atoms with E-state index in [0.717, 1.165) is 13.1 Å². The minimum Gasteiger partial charge on any atom is -0.316 e. The third kappa shape index (κ3) is 2.78. The summed E-state index contributed by atoms with van der Waals surface area (Å²) in [6.07, 6.45) is 1.23. The first-order valence-corrected chi connectivity index (χ1v) is 8.38. The van der Waals surface area contributed by atoms with Crippen LogP contribution >= 0.6 is 27.3 Å². The molecule has 1 aliphatic heterocycles. The number of aryl methyl sites for hydroxylation is 1. The summed E-state index contributed by atoms with van der Waals surface area (Å²) in [6.45, 7) is 4.40. The summed E-state index contributed by atoms with van der Waals surface area (Å²) in [4.78, 5) is 2.96. The second-order valence-electron chi connectivity index (χ2n) is 5.18. The number of hydrogen-bond donors (Lipinski definition) is 1. The van der Waals surface area contributed by atoms with Crippen molar-refractivity contribution in [1.82, 2.24) is 5.32 Å². The molecule has 1 nitrogen and oxygen atoms in total. The monoisotopic (exact) mass is 335 g/mol. The van der Waals surface area contributed by atoms with Gasteiger partial charge in [-0.2, -0.15) is 0 Å². The van der Waals surface area contributed by atoms with E-state index in [-0.39, 0.29) is 0 Å². The Bertz CT molecular complexity index is 563. The predicted molar refractivity (Wildman–Crippen MR) is 86.2 cm³/mol. The van der Waals surface area contributed by atoms with E-state index in [1.54, 1.807) is 4.88 Å². The number of thiophene rings is 1. The maximum absolute atomic E-state index is 3.71. The molecule has 1 aliphatic rings. The molecule has 1 aromatic carbocycles. The van der Waals surface area contributed by atoms with Gasteiger partial charge in [0.2, 0.25) is 0 Å². The Kier molecular flexibility index (Phi) is 4.06. The van der Waals surface area contributed by atoms with E-state index < -0.39 is 0 Å². The zero-order valence-electron chi connectivity index (χ0n) is 11.0. The number of nitrogens with one attached hydrogen (secondary N) is 1. The lowest BCUT2D eigenvalue weighted by molar-refractivity contribution is 0.407. The largest absolute Gasteiger partial charge is 0.316 e. The molecule has 1 N–H and O–H groups in total. The molecule has 2 aromatic rings. The van der Waals surface area contributed by atoms with Gasteiger partial charge in [-0.3, -0.25) is 0 Å². The fraction of sp³-hybridized carbons (Fsp3) is 0.375. The second kappa shape index (κ2) is 5.78. The molecule has 2 unspecified atom stereocenters. The molecule has 0 bridgehead atoms. The van der Waals surface area contributed by atoms with Gasteiger partial charge in [0.25, 0.3) is 0 Å². The van der Waals surface area contributed by atoms with Gasteiger partial charge < -0.3 is 5.32 Å². The summed E-state index contributed by atoms with van der Waals surface area (Å²) >= 11 is 5.67. The number of benzene rings is 1. The van der Waals surface area contributed by atoms with E-state index in [4.69, 9.17) is 0 Å². The van der Waals surface area contributed by atoms with Gasteiger partial charge in [-0.25, -0.2) is 0 Å². The van der Waals surface area contributed by atoms with Crippen LogP contribution in [0.15, 0.2) is 40.9 Å². The Labute approximate surface area is 127 Å². The minimum atomic E-state index is 0.572. The summed E-state index contributed by atoms with van der Waals surface area (Å²) in [6, 6.07) is 13.2. The van der Waals surface area contributed by atoms with Crippen molar-refractivity contribution in [3.8, 4) is 0 Å². The molecular weight excluding hydrogens is 318 g/mol. The number of hydrogen-bond acceptors (Lipinski definition) is 2. The predicted octanol–water partition coefficient (Wildman–Crippen LogP) is 4.68. The van der Waals surface area contributed by atoms with Crippen LogP contribution in [-0.2, 0) is 0 Å². The Hall–Kier alpha value is -0.640. The molecule has 0 saturated carbocycles. The van der Waals surface area contributed by atoms with E-state index in [2.05, 4.69) is 64.6 Å². The molecular formula is C16H18BrNS. The molecule has 2 atom stereocenters. The third-order valence-corrected chi connectivity index (χ3v) is 5.77. The normalized spacial score (nSPS) is 23.5. The van der Waals surface area contributed by atoms with Crippen LogP contribution in [0, 0.1) is 6.92 Å². The maximum atomic E-state index is 3.71. The Balaban J connectivity index is 1.96. The highest BCUT2D eigenvalue weighted by Gasteiger charge is 2.29. The van der Waals surface area contributed by atoms with Crippen LogP contribution in [0.2, 0.25) is 0 Å². The fourth-order valence-electron chi connectivity index (χ4n) is 2.95. The van der Waals surface area contributed by atoms with Crippen LogP contribution in [0.1, 0.15) is 33.6 Å². The first kappa shape index (κ1) is 13.3. The molecule has 0 spiro atoms. The Morgan fingerprint density at radius 3 is 2.74 bits per heavy atom. The van der Waals surface area contributed by atoms with Crippen molar-refractivity contribution < 1.29 is 0 Å². The second-order valence-corrected chi connectivity index (χ2v) is 7.35. The van der Waals surface area contributed by atoms with Crippen molar-refractivity contribution in [3.05, 3.63) is 56.2 Å². The molecule has 3 rings (SSSR count). The van der Waals surface area contributed by atoms with Crippen molar-refractivity contribution in [1.29, 1.82) is 0 Å². The highest BCUT2D eigenvalue weighted by atomic mass is 79.9. The molecule has 1 saturated heterocycles. The summed E-state index contributed by atoms with van der Waals surface area (Å²) in [5.41, 5.74) is 1.44. The van der Waals surface area contributed by atoms with Crippen LogP contribution < -0.4 is 5.32 Å². The first-order valence-electron chi connectivity index (χ1n) is 6.77. The third-order valence-electron chi connectivity index (χ3n) is 3.91. The molecule has 0 aliphatic carbocycles. The molecule has 0 amide bonds. The van der Waals surface area contributed by atoms with Crippen molar-refractivity contribution in [3.63, 3.8) is 0 Å². The lowest BCUT2D eigenvalue weighted by Crippen LogP contribution is -2.33. The minimum absolute atomic E-state index is 0.572. The van der Waals surface area contributed by atoms with E-state index >= 15 is 0 Å². The van der Waals surface area contributed by atoms with E-state index in [1.165, 1.54) is 21.3 Å². The van der Waals surface area contributed by atoms with Gasteiger partial charge in [0.05, 0.1) is 0 Å². The zero-order chi connectivity index (χ0) is 13.2. The molecule has 3 heteroatoms.